The minimum atomic E-state index is -5.77. The standard InChI is InChI=1S/C29H30ClN9O2.C4F6O2/c1-38-9-8-25(37-38)28(41)39-10-6-18(7-11-39)13-26(40)35-24-5-4-21-14-20(24)3-2-19-12-22(16-31-15-19)34-29-32-17-23(30)27(33-21)36-29;5-3(6,7)1(11)2(12)4(8,9)10/h4-5,8-9,12,14-18H,2-3,6-7,10-11,13H2,1H3,(H,35,40)(H2,32,33,34,36);. The molecular weight excluding hydrogens is 736 g/mol. The molecule has 1 aromatic carbocycles. The van der Waals surface area contributed by atoms with Crippen LogP contribution >= 0.6 is 11.6 Å². The molecule has 53 heavy (non-hydrogen) atoms. The number of nitrogens with one attached hydrogen (secondary N) is 3. The van der Waals surface area contributed by atoms with Crippen molar-refractivity contribution in [3.63, 3.8) is 0 Å². The second kappa shape index (κ2) is 16.0. The number of alkyl halides is 6. The highest BCUT2D eigenvalue weighted by molar-refractivity contribution is 6.41. The van der Waals surface area contributed by atoms with E-state index in [9.17, 15) is 45.5 Å². The molecule has 1 saturated heterocycles. The van der Waals surface area contributed by atoms with Gasteiger partial charge >= 0.3 is 23.9 Å². The van der Waals surface area contributed by atoms with E-state index in [-0.39, 0.29) is 17.7 Å². The van der Waals surface area contributed by atoms with E-state index < -0.39 is 23.9 Å². The molecule has 1 fully saturated rings. The Bertz CT molecular complexity index is 1990. The summed E-state index contributed by atoms with van der Waals surface area (Å²) in [6, 6.07) is 9.57. The van der Waals surface area contributed by atoms with E-state index >= 15 is 0 Å². The fourth-order valence-electron chi connectivity index (χ4n) is 5.50. The number of Topliss-reactive ketones (excluding diaryl/α,β-unsaturated/α-hetero) is 2. The van der Waals surface area contributed by atoms with Crippen molar-refractivity contribution in [3.8, 4) is 0 Å². The molecule has 0 spiro atoms. The lowest BCUT2D eigenvalue weighted by Gasteiger charge is -2.31. The van der Waals surface area contributed by atoms with Gasteiger partial charge in [-0.25, -0.2) is 4.98 Å². The maximum Gasteiger partial charge on any atom is 0.458 e. The number of anilines is 5. The monoisotopic (exact) mass is 765 g/mol. The highest BCUT2D eigenvalue weighted by atomic mass is 35.5. The first-order valence-corrected chi connectivity index (χ1v) is 16.3. The minimum absolute atomic E-state index is 0.0317. The predicted octanol–water partition coefficient (Wildman–Crippen LogP) is 5.97. The van der Waals surface area contributed by atoms with E-state index in [0.717, 1.165) is 47.5 Å². The van der Waals surface area contributed by atoms with Gasteiger partial charge in [-0.3, -0.25) is 28.8 Å². The number of ketones is 2. The fourth-order valence-corrected chi connectivity index (χ4v) is 5.64. The summed E-state index contributed by atoms with van der Waals surface area (Å²) < 4.78 is 68.6. The van der Waals surface area contributed by atoms with E-state index in [2.05, 4.69) is 36.0 Å². The first-order chi connectivity index (χ1) is 25.0. The highest BCUT2D eigenvalue weighted by Gasteiger charge is 2.54. The van der Waals surface area contributed by atoms with Crippen molar-refractivity contribution in [2.45, 2.75) is 44.5 Å². The molecule has 0 radical (unpaired) electrons. The molecule has 2 aliphatic heterocycles. The number of hydrogen-bond acceptors (Lipinski definition) is 10. The van der Waals surface area contributed by atoms with Gasteiger partial charge in [-0.1, -0.05) is 11.6 Å². The van der Waals surface area contributed by atoms with Gasteiger partial charge in [0.15, 0.2) is 5.82 Å². The first kappa shape index (κ1) is 38.6. The highest BCUT2D eigenvalue weighted by Crippen LogP contribution is 2.30. The third-order valence-corrected chi connectivity index (χ3v) is 8.43. The second-order valence-electron chi connectivity index (χ2n) is 12.1. The molecule has 3 N–H and O–H groups in total. The molecule has 280 valence electrons. The lowest BCUT2D eigenvalue weighted by atomic mass is 9.93. The Morgan fingerprint density at radius 1 is 0.906 bits per heavy atom. The number of pyridine rings is 1. The van der Waals surface area contributed by atoms with Crippen molar-refractivity contribution in [1.29, 1.82) is 0 Å². The topological polar surface area (TPSA) is 164 Å². The van der Waals surface area contributed by atoms with E-state index in [1.807, 2.05) is 35.4 Å². The summed E-state index contributed by atoms with van der Waals surface area (Å²) >= 11 is 6.37. The summed E-state index contributed by atoms with van der Waals surface area (Å²) in [6.07, 6.45) is -1.28. The van der Waals surface area contributed by atoms with Crippen LogP contribution in [0.25, 0.3) is 0 Å². The summed E-state index contributed by atoms with van der Waals surface area (Å²) in [4.78, 5) is 60.1. The normalized spacial score (nSPS) is 14.5. The Labute approximate surface area is 302 Å². The van der Waals surface area contributed by atoms with Crippen LogP contribution in [0.15, 0.2) is 55.1 Å². The molecule has 4 aromatic rings. The van der Waals surface area contributed by atoms with Crippen LogP contribution in [-0.4, -0.2) is 78.5 Å². The lowest BCUT2D eigenvalue weighted by Crippen LogP contribution is -2.39. The van der Waals surface area contributed by atoms with Crippen LogP contribution in [0.3, 0.4) is 0 Å². The Hall–Kier alpha value is -5.59. The van der Waals surface area contributed by atoms with Crippen LogP contribution in [0.4, 0.5) is 55.2 Å². The molecule has 2 aliphatic rings. The molecule has 5 heterocycles. The lowest BCUT2D eigenvalue weighted by molar-refractivity contribution is -0.193. The van der Waals surface area contributed by atoms with Gasteiger partial charge in [0.25, 0.3) is 5.91 Å². The van der Waals surface area contributed by atoms with Crippen LogP contribution in [0.2, 0.25) is 5.02 Å². The summed E-state index contributed by atoms with van der Waals surface area (Å²) in [6.45, 7) is 1.24. The number of rotatable bonds is 5. The number of carbonyl (C=O) groups excluding carboxylic acids is 4. The molecule has 0 atom stereocenters. The molecule has 13 nitrogen and oxygen atoms in total. The summed E-state index contributed by atoms with van der Waals surface area (Å²) in [5, 5.41) is 14.2. The number of likely N-dealkylation sites (tertiary alicyclic amines) is 1. The van der Waals surface area contributed by atoms with Gasteiger partial charge in [-0.05, 0) is 73.1 Å². The first-order valence-electron chi connectivity index (χ1n) is 15.9. The largest absolute Gasteiger partial charge is 0.458 e. The molecule has 0 aliphatic carbocycles. The molecular formula is C33H30ClF6N9O4. The Morgan fingerprint density at radius 3 is 2.25 bits per heavy atom. The third kappa shape index (κ3) is 10.3. The molecule has 2 amide bonds. The average Bonchev–Trinajstić information content (AvgIpc) is 3.54. The maximum absolute atomic E-state index is 13.1. The van der Waals surface area contributed by atoms with Crippen LogP contribution in [0.1, 0.15) is 40.9 Å². The van der Waals surface area contributed by atoms with Crippen molar-refractivity contribution in [1.82, 2.24) is 29.6 Å². The second-order valence-corrected chi connectivity index (χ2v) is 12.5. The fraction of sp³-hybridized carbons (Fsp3) is 0.333. The number of nitrogens with zero attached hydrogens (tertiary/aromatic N) is 6. The Kier molecular flexibility index (Phi) is 11.6. The summed E-state index contributed by atoms with van der Waals surface area (Å²) in [7, 11) is 1.80. The number of aromatic nitrogens is 5. The molecule has 0 saturated carbocycles. The minimum Gasteiger partial charge on any atom is -0.339 e. The number of piperidine rings is 1. The van der Waals surface area contributed by atoms with Gasteiger partial charge in [0.2, 0.25) is 11.9 Å². The van der Waals surface area contributed by atoms with Crippen LogP contribution in [0, 0.1) is 5.92 Å². The van der Waals surface area contributed by atoms with Crippen LogP contribution in [0.5, 0.6) is 0 Å². The average molecular weight is 766 g/mol. The van der Waals surface area contributed by atoms with Gasteiger partial charge in [0, 0.05) is 50.3 Å². The van der Waals surface area contributed by atoms with Crippen molar-refractivity contribution >= 4 is 63.8 Å². The number of carbonyl (C=O) groups is 4. The van der Waals surface area contributed by atoms with Gasteiger partial charge < -0.3 is 20.9 Å². The maximum atomic E-state index is 13.1. The number of halogens is 7. The van der Waals surface area contributed by atoms with Gasteiger partial charge in [0.05, 0.1) is 18.1 Å². The van der Waals surface area contributed by atoms with E-state index in [1.165, 1.54) is 0 Å². The van der Waals surface area contributed by atoms with Crippen molar-refractivity contribution in [2.24, 2.45) is 13.0 Å². The SMILES string of the molecule is Cn1ccc(C(=O)N2CCC(CC(=O)Nc3ccc4cc3CCc3cncc(c3)Nc3ncc(Cl)c(n3)N4)CC2)n1.O=C(C(=O)C(F)(F)F)C(F)(F)F. The summed E-state index contributed by atoms with van der Waals surface area (Å²) in [5.74, 6) is -5.81. The van der Waals surface area contributed by atoms with Crippen LogP contribution in [-0.2, 0) is 34.3 Å². The zero-order valence-electron chi connectivity index (χ0n) is 27.7. The summed E-state index contributed by atoms with van der Waals surface area (Å²) in [5.41, 5.74) is 4.85. The Morgan fingerprint density at radius 2 is 1.60 bits per heavy atom. The third-order valence-electron chi connectivity index (χ3n) is 8.15. The van der Waals surface area contributed by atoms with Gasteiger partial charge in [-0.2, -0.15) is 36.4 Å². The van der Waals surface area contributed by atoms with Gasteiger partial charge in [0.1, 0.15) is 10.7 Å². The van der Waals surface area contributed by atoms with Gasteiger partial charge in [-0.15, -0.1) is 0 Å². The molecule has 3 aromatic heterocycles. The number of aryl methyl sites for hydroxylation is 3. The molecule has 20 heteroatoms. The molecule has 6 rings (SSSR count). The van der Waals surface area contributed by atoms with Crippen molar-refractivity contribution < 1.29 is 45.5 Å². The number of hydrogen-bond donors (Lipinski definition) is 3. The van der Waals surface area contributed by atoms with E-state index in [0.29, 0.717) is 48.4 Å². The zero-order valence-corrected chi connectivity index (χ0v) is 28.4. The smallest absolute Gasteiger partial charge is 0.339 e. The number of benzene rings is 1. The van der Waals surface area contributed by atoms with E-state index in [4.69, 9.17) is 11.6 Å². The number of amides is 2. The quantitative estimate of drug-likeness (QED) is 0.163. The zero-order chi connectivity index (χ0) is 38.5. The number of fused-ring (bicyclic) bond motifs is 6. The molecule has 0 unspecified atom stereocenters. The van der Waals surface area contributed by atoms with Crippen molar-refractivity contribution in [3.05, 3.63) is 77.0 Å². The van der Waals surface area contributed by atoms with E-state index in [1.54, 1.807) is 36.4 Å². The predicted molar refractivity (Wildman–Crippen MR) is 179 cm³/mol. The van der Waals surface area contributed by atoms with Crippen molar-refractivity contribution in [2.75, 3.05) is 29.0 Å². The van der Waals surface area contributed by atoms with Crippen LogP contribution < -0.4 is 16.0 Å². The molecule has 6 bridgehead atoms. The Balaban J connectivity index is 0.000000390.